The largest absolute Gasteiger partial charge is 0.496 e. The number of ether oxygens (including phenoxy) is 1. The lowest BCUT2D eigenvalue weighted by atomic mass is 10.1. The van der Waals surface area contributed by atoms with Crippen molar-refractivity contribution < 1.29 is 9.53 Å². The first-order valence-electron chi connectivity index (χ1n) is 6.97. The number of carbonyl (C=O) groups is 1. The van der Waals surface area contributed by atoms with Crippen LogP contribution in [0.5, 0.6) is 5.75 Å². The summed E-state index contributed by atoms with van der Waals surface area (Å²) in [6.07, 6.45) is 3.06. The van der Waals surface area contributed by atoms with Gasteiger partial charge in [-0.3, -0.25) is 4.79 Å². The summed E-state index contributed by atoms with van der Waals surface area (Å²) in [6, 6.07) is 7.82. The lowest BCUT2D eigenvalue weighted by Crippen LogP contribution is -2.10. The number of unbranched alkanes of at least 4 members (excludes halogenated alkanes) is 1. The first-order valence-corrected chi connectivity index (χ1v) is 7.78. The summed E-state index contributed by atoms with van der Waals surface area (Å²) in [5, 5.41) is 12.3. The Morgan fingerprint density at radius 2 is 2.14 bits per heavy atom. The van der Waals surface area contributed by atoms with Crippen molar-refractivity contribution in [3.8, 4) is 5.75 Å². The number of carbonyl (C=O) groups excluding carboxylic acids is 1. The number of rotatable bonds is 7. The highest BCUT2D eigenvalue weighted by molar-refractivity contribution is 7.15. The van der Waals surface area contributed by atoms with Gasteiger partial charge in [-0.1, -0.05) is 42.9 Å². The molecule has 1 amide bonds. The predicted octanol–water partition coefficient (Wildman–Crippen LogP) is 3.27. The highest BCUT2D eigenvalue weighted by atomic mass is 32.1. The molecule has 6 heteroatoms. The predicted molar refractivity (Wildman–Crippen MR) is 83.9 cm³/mol. The molecule has 0 saturated heterocycles. The summed E-state index contributed by atoms with van der Waals surface area (Å²) in [7, 11) is 1.65. The van der Waals surface area contributed by atoms with Crippen LogP contribution in [0, 0.1) is 0 Å². The molecule has 1 aromatic heterocycles. The lowest BCUT2D eigenvalue weighted by Gasteiger charge is -2.05. The summed E-state index contributed by atoms with van der Waals surface area (Å²) in [5.41, 5.74) is 1.06. The fraction of sp³-hybridized carbons (Fsp3) is 0.400. The fourth-order valence-corrected chi connectivity index (χ4v) is 2.69. The van der Waals surface area contributed by atoms with Gasteiger partial charge in [-0.25, -0.2) is 0 Å². The number of nitrogens with zero attached hydrogens (tertiary/aromatic N) is 2. The summed E-state index contributed by atoms with van der Waals surface area (Å²) < 4.78 is 5.32. The molecule has 1 N–H and O–H groups in total. The maximum atomic E-state index is 11.6. The van der Waals surface area contributed by atoms with Crippen molar-refractivity contribution in [1.29, 1.82) is 0 Å². The van der Waals surface area contributed by atoms with E-state index in [0.717, 1.165) is 29.2 Å². The number of amides is 1. The van der Waals surface area contributed by atoms with Crippen LogP contribution in [0.1, 0.15) is 36.8 Å². The molecule has 0 aliphatic carbocycles. The Bertz CT molecular complexity index is 598. The summed E-state index contributed by atoms with van der Waals surface area (Å²) in [6.45, 7) is 2.06. The van der Waals surface area contributed by atoms with Gasteiger partial charge in [-0.15, -0.1) is 10.2 Å². The Morgan fingerprint density at radius 1 is 1.33 bits per heavy atom. The second-order valence-electron chi connectivity index (χ2n) is 4.64. The van der Waals surface area contributed by atoms with Crippen molar-refractivity contribution in [3.63, 3.8) is 0 Å². The maximum absolute atomic E-state index is 11.6. The number of nitrogens with one attached hydrogen (secondary N) is 1. The monoisotopic (exact) mass is 305 g/mol. The molecular weight excluding hydrogens is 286 g/mol. The van der Waals surface area contributed by atoms with Gasteiger partial charge in [-0.2, -0.15) is 0 Å². The van der Waals surface area contributed by atoms with Crippen LogP contribution in [-0.2, 0) is 11.2 Å². The molecule has 0 aliphatic rings. The molecule has 0 fully saturated rings. The van der Waals surface area contributed by atoms with E-state index in [0.29, 0.717) is 18.0 Å². The molecule has 112 valence electrons. The van der Waals surface area contributed by atoms with E-state index in [4.69, 9.17) is 4.74 Å². The Kier molecular flexibility index (Phi) is 5.68. The lowest BCUT2D eigenvalue weighted by molar-refractivity contribution is -0.116. The molecule has 0 spiro atoms. The van der Waals surface area contributed by atoms with Gasteiger partial charge in [0.2, 0.25) is 11.0 Å². The van der Waals surface area contributed by atoms with Crippen LogP contribution in [0.15, 0.2) is 24.3 Å². The van der Waals surface area contributed by atoms with E-state index in [9.17, 15) is 4.79 Å². The van der Waals surface area contributed by atoms with Gasteiger partial charge < -0.3 is 10.1 Å². The van der Waals surface area contributed by atoms with Crippen molar-refractivity contribution in [2.45, 2.75) is 32.6 Å². The average Bonchev–Trinajstić information content (AvgIpc) is 2.92. The topological polar surface area (TPSA) is 64.1 Å². The number of hydrogen-bond acceptors (Lipinski definition) is 5. The zero-order valence-corrected chi connectivity index (χ0v) is 13.1. The van der Waals surface area contributed by atoms with Crippen molar-refractivity contribution in [1.82, 2.24) is 10.2 Å². The molecule has 0 bridgehead atoms. The molecule has 0 atom stereocenters. The van der Waals surface area contributed by atoms with Gasteiger partial charge in [0, 0.05) is 18.4 Å². The van der Waals surface area contributed by atoms with E-state index in [-0.39, 0.29) is 5.91 Å². The number of aromatic nitrogens is 2. The molecule has 21 heavy (non-hydrogen) atoms. The van der Waals surface area contributed by atoms with Crippen molar-refractivity contribution in [3.05, 3.63) is 34.8 Å². The Balaban J connectivity index is 1.98. The number of anilines is 1. The third kappa shape index (κ3) is 4.53. The Morgan fingerprint density at radius 3 is 2.90 bits per heavy atom. The number of hydrogen-bond donors (Lipinski definition) is 1. The maximum Gasteiger partial charge on any atom is 0.226 e. The minimum Gasteiger partial charge on any atom is -0.496 e. The van der Waals surface area contributed by atoms with Gasteiger partial charge in [-0.05, 0) is 12.5 Å². The zero-order valence-electron chi connectivity index (χ0n) is 12.3. The number of methoxy groups -OCH3 is 1. The van der Waals surface area contributed by atoms with Crippen LogP contribution < -0.4 is 10.1 Å². The second kappa shape index (κ2) is 7.73. The van der Waals surface area contributed by atoms with Crippen LogP contribution in [-0.4, -0.2) is 23.2 Å². The van der Waals surface area contributed by atoms with Gasteiger partial charge in [0.25, 0.3) is 0 Å². The number of para-hydroxylation sites is 1. The van der Waals surface area contributed by atoms with E-state index in [1.807, 2.05) is 24.3 Å². The molecule has 2 aromatic rings. The molecule has 0 saturated carbocycles. The summed E-state index contributed by atoms with van der Waals surface area (Å²) >= 11 is 1.40. The first-order chi connectivity index (χ1) is 10.2. The van der Waals surface area contributed by atoms with Crippen molar-refractivity contribution in [2.24, 2.45) is 0 Å². The molecule has 1 heterocycles. The third-order valence-electron chi connectivity index (χ3n) is 3.00. The van der Waals surface area contributed by atoms with Crippen LogP contribution in [0.4, 0.5) is 5.13 Å². The van der Waals surface area contributed by atoms with E-state index < -0.39 is 0 Å². The van der Waals surface area contributed by atoms with Gasteiger partial charge >= 0.3 is 0 Å². The average molecular weight is 305 g/mol. The molecule has 0 unspecified atom stereocenters. The summed E-state index contributed by atoms with van der Waals surface area (Å²) in [5.74, 6) is 0.832. The van der Waals surface area contributed by atoms with Crippen LogP contribution in [0.25, 0.3) is 0 Å². The minimum absolute atomic E-state index is 0.00292. The van der Waals surface area contributed by atoms with Gasteiger partial charge in [0.1, 0.15) is 10.8 Å². The van der Waals surface area contributed by atoms with E-state index in [1.54, 1.807) is 7.11 Å². The molecule has 1 aromatic carbocycles. The zero-order chi connectivity index (χ0) is 15.1. The molecule has 5 nitrogen and oxygen atoms in total. The number of benzene rings is 1. The smallest absolute Gasteiger partial charge is 0.226 e. The highest BCUT2D eigenvalue weighted by Gasteiger charge is 2.10. The highest BCUT2D eigenvalue weighted by Crippen LogP contribution is 2.24. The summed E-state index contributed by atoms with van der Waals surface area (Å²) in [4.78, 5) is 11.6. The quantitative estimate of drug-likeness (QED) is 0.852. The third-order valence-corrected chi connectivity index (χ3v) is 3.84. The normalized spacial score (nSPS) is 10.4. The minimum atomic E-state index is -0.00292. The fourth-order valence-electron chi connectivity index (χ4n) is 1.91. The van der Waals surface area contributed by atoms with E-state index in [1.165, 1.54) is 11.3 Å². The van der Waals surface area contributed by atoms with Crippen LogP contribution in [0.2, 0.25) is 0 Å². The molecule has 0 radical (unpaired) electrons. The molecular formula is C15H19N3O2S. The first kappa shape index (κ1) is 15.4. The SMILES string of the molecule is CCCCC(=O)Nc1nnc(Cc2ccccc2OC)s1. The van der Waals surface area contributed by atoms with Gasteiger partial charge in [0.05, 0.1) is 7.11 Å². The van der Waals surface area contributed by atoms with Crippen molar-refractivity contribution >= 4 is 22.4 Å². The second-order valence-corrected chi connectivity index (χ2v) is 5.70. The molecule has 2 rings (SSSR count). The Hall–Kier alpha value is -1.95. The standard InChI is InChI=1S/C15H19N3O2S/c1-3-4-9-13(19)16-15-18-17-14(21-15)10-11-7-5-6-8-12(11)20-2/h5-8H,3-4,9-10H2,1-2H3,(H,16,18,19). The Labute approximate surface area is 128 Å². The van der Waals surface area contributed by atoms with Gasteiger partial charge in [0.15, 0.2) is 0 Å². The van der Waals surface area contributed by atoms with E-state index >= 15 is 0 Å². The van der Waals surface area contributed by atoms with Crippen molar-refractivity contribution in [2.75, 3.05) is 12.4 Å². The molecule has 0 aliphatic heterocycles. The van der Waals surface area contributed by atoms with Crippen LogP contribution in [0.3, 0.4) is 0 Å². The van der Waals surface area contributed by atoms with E-state index in [2.05, 4.69) is 22.4 Å². The van der Waals surface area contributed by atoms with Crippen LogP contribution >= 0.6 is 11.3 Å².